The quantitative estimate of drug-likeness (QED) is 0.171. The summed E-state index contributed by atoms with van der Waals surface area (Å²) in [6, 6.07) is 65.5. The maximum absolute atomic E-state index is 6.75. The fourth-order valence-electron chi connectivity index (χ4n) is 7.93. The van der Waals surface area contributed by atoms with E-state index < -0.39 is 0 Å². The third kappa shape index (κ3) is 5.40. The lowest BCUT2D eigenvalue weighted by molar-refractivity contribution is 0.670. The second-order valence-corrected chi connectivity index (χ2v) is 15.0. The molecule has 0 saturated carbocycles. The van der Waals surface area contributed by atoms with Gasteiger partial charge in [-0.1, -0.05) is 164 Å². The van der Waals surface area contributed by atoms with Gasteiger partial charge in [0.1, 0.15) is 11.2 Å². The van der Waals surface area contributed by atoms with E-state index in [-0.39, 0.29) is 0 Å². The van der Waals surface area contributed by atoms with Crippen molar-refractivity contribution in [2.45, 2.75) is 0 Å². The Kier molecular flexibility index (Phi) is 7.64. The van der Waals surface area contributed by atoms with Gasteiger partial charge in [-0.05, 0) is 52.1 Å². The summed E-state index contributed by atoms with van der Waals surface area (Å²) in [5.74, 6) is 1.92. The third-order valence-corrected chi connectivity index (χ3v) is 11.8. The van der Waals surface area contributed by atoms with Gasteiger partial charge in [0.15, 0.2) is 17.5 Å². The largest absolute Gasteiger partial charge is 0.455 e. The molecule has 0 aliphatic carbocycles. The molecule has 11 aromatic rings. The Hall–Kier alpha value is -7.21. The number of furan rings is 1. The molecule has 0 N–H and O–H groups in total. The van der Waals surface area contributed by atoms with Crippen LogP contribution >= 0.6 is 11.3 Å². The van der Waals surface area contributed by atoms with E-state index in [9.17, 15) is 0 Å². The van der Waals surface area contributed by atoms with E-state index in [1.807, 2.05) is 30.3 Å². The second-order valence-electron chi connectivity index (χ2n) is 13.9. The maximum Gasteiger partial charge on any atom is 0.165 e. The average molecular weight is 734 g/mol. The molecule has 0 aliphatic heterocycles. The Labute approximate surface area is 327 Å². The van der Waals surface area contributed by atoms with Gasteiger partial charge in [0.25, 0.3) is 0 Å². The molecule has 0 aliphatic rings. The molecular formula is C51H31N3OS. The van der Waals surface area contributed by atoms with Crippen molar-refractivity contribution in [3.63, 3.8) is 0 Å². The molecule has 56 heavy (non-hydrogen) atoms. The summed E-state index contributed by atoms with van der Waals surface area (Å²) in [7, 11) is 0. The zero-order chi connectivity index (χ0) is 37.0. The number of benzene rings is 8. The van der Waals surface area contributed by atoms with E-state index in [0.29, 0.717) is 17.5 Å². The molecule has 0 amide bonds. The van der Waals surface area contributed by atoms with Crippen molar-refractivity contribution in [2.24, 2.45) is 0 Å². The Morgan fingerprint density at radius 3 is 1.62 bits per heavy atom. The van der Waals surface area contributed by atoms with Gasteiger partial charge in [0.05, 0.1) is 0 Å². The lowest BCUT2D eigenvalue weighted by Crippen LogP contribution is -2.00. The molecule has 0 fully saturated rings. The fourth-order valence-corrected chi connectivity index (χ4v) is 9.17. The predicted molar refractivity (Wildman–Crippen MR) is 233 cm³/mol. The monoisotopic (exact) mass is 733 g/mol. The Morgan fingerprint density at radius 2 is 0.875 bits per heavy atom. The number of hydrogen-bond acceptors (Lipinski definition) is 5. The number of hydrogen-bond donors (Lipinski definition) is 0. The van der Waals surface area contributed by atoms with Crippen LogP contribution < -0.4 is 0 Å². The van der Waals surface area contributed by atoms with Crippen LogP contribution in [0.3, 0.4) is 0 Å². The Morgan fingerprint density at radius 1 is 0.339 bits per heavy atom. The SMILES string of the molecule is c1ccc(-c2ccc(-c3nc(-c4ccccc4)nc(-c4cccc5c4sc4cccc(-c6ccc(-c7ccccc7)c7c6oc6ccccc67)c45)n3)cc2)cc1. The molecule has 0 atom stereocenters. The number of thiophene rings is 1. The molecule has 8 aromatic carbocycles. The summed E-state index contributed by atoms with van der Waals surface area (Å²) >= 11 is 1.77. The number of rotatable bonds is 6. The minimum Gasteiger partial charge on any atom is -0.455 e. The molecular weight excluding hydrogens is 703 g/mol. The highest BCUT2D eigenvalue weighted by Crippen LogP contribution is 2.47. The summed E-state index contributed by atoms with van der Waals surface area (Å²) in [6.45, 7) is 0. The van der Waals surface area contributed by atoms with Crippen molar-refractivity contribution in [1.29, 1.82) is 0 Å². The van der Waals surface area contributed by atoms with Crippen molar-refractivity contribution >= 4 is 53.4 Å². The first-order valence-electron chi connectivity index (χ1n) is 18.7. The van der Waals surface area contributed by atoms with Gasteiger partial charge >= 0.3 is 0 Å². The van der Waals surface area contributed by atoms with Crippen LogP contribution in [0.5, 0.6) is 0 Å². The van der Waals surface area contributed by atoms with E-state index >= 15 is 0 Å². The Balaban J connectivity index is 1.10. The summed E-state index contributed by atoms with van der Waals surface area (Å²) in [5.41, 5.74) is 11.5. The van der Waals surface area contributed by atoms with Gasteiger partial charge in [-0.3, -0.25) is 0 Å². The van der Waals surface area contributed by atoms with Crippen molar-refractivity contribution in [3.8, 4) is 67.5 Å². The maximum atomic E-state index is 6.75. The van der Waals surface area contributed by atoms with E-state index in [0.717, 1.165) is 76.5 Å². The first kappa shape index (κ1) is 32.2. The van der Waals surface area contributed by atoms with Gasteiger partial charge in [0.2, 0.25) is 0 Å². The summed E-state index contributed by atoms with van der Waals surface area (Å²) in [4.78, 5) is 15.3. The number of aromatic nitrogens is 3. The summed E-state index contributed by atoms with van der Waals surface area (Å²) in [6.07, 6.45) is 0. The molecule has 0 bridgehead atoms. The molecule has 3 aromatic heterocycles. The van der Waals surface area contributed by atoms with Gasteiger partial charge in [0, 0.05) is 53.2 Å². The highest BCUT2D eigenvalue weighted by atomic mass is 32.1. The van der Waals surface area contributed by atoms with Crippen LogP contribution in [-0.4, -0.2) is 15.0 Å². The standard InChI is InChI=1S/C51H31N3OS/c1-4-14-32(15-5-1)33-26-28-36(29-27-33)50-52-49(35-18-8-3-9-19-35)53-51(54-50)42-23-12-22-41-45-38(21-13-25-44(45)56-48(41)42)39-31-30-37(34-16-6-2-7-17-34)46-40-20-10-11-24-43(40)55-47(39)46/h1-31H. The number of nitrogens with zero attached hydrogens (tertiary/aromatic N) is 3. The van der Waals surface area contributed by atoms with Gasteiger partial charge in [-0.25, -0.2) is 15.0 Å². The number of para-hydroxylation sites is 1. The van der Waals surface area contributed by atoms with Gasteiger partial charge < -0.3 is 4.42 Å². The molecule has 0 unspecified atom stereocenters. The topological polar surface area (TPSA) is 51.8 Å². The van der Waals surface area contributed by atoms with Crippen molar-refractivity contribution in [2.75, 3.05) is 0 Å². The second kappa shape index (κ2) is 13.3. The smallest absolute Gasteiger partial charge is 0.165 e. The molecule has 262 valence electrons. The van der Waals surface area contributed by atoms with Crippen molar-refractivity contribution < 1.29 is 4.42 Å². The fraction of sp³-hybridized carbons (Fsp3) is 0. The first-order chi connectivity index (χ1) is 27.8. The van der Waals surface area contributed by atoms with E-state index in [1.165, 1.54) is 15.6 Å². The molecule has 11 rings (SSSR count). The first-order valence-corrected chi connectivity index (χ1v) is 19.5. The minimum atomic E-state index is 0.637. The van der Waals surface area contributed by atoms with Gasteiger partial charge in [-0.15, -0.1) is 11.3 Å². The van der Waals surface area contributed by atoms with Crippen LogP contribution in [0.25, 0.3) is 110 Å². The van der Waals surface area contributed by atoms with E-state index in [1.54, 1.807) is 11.3 Å². The van der Waals surface area contributed by atoms with Crippen LogP contribution in [0.2, 0.25) is 0 Å². The van der Waals surface area contributed by atoms with Crippen LogP contribution in [0.15, 0.2) is 192 Å². The Bertz CT molecular complexity index is 3230. The van der Waals surface area contributed by atoms with E-state index in [4.69, 9.17) is 19.4 Å². The van der Waals surface area contributed by atoms with Gasteiger partial charge in [-0.2, -0.15) is 0 Å². The van der Waals surface area contributed by atoms with Crippen molar-refractivity contribution in [1.82, 2.24) is 15.0 Å². The van der Waals surface area contributed by atoms with Crippen LogP contribution in [-0.2, 0) is 0 Å². The molecule has 0 radical (unpaired) electrons. The van der Waals surface area contributed by atoms with Crippen LogP contribution in [0.1, 0.15) is 0 Å². The van der Waals surface area contributed by atoms with E-state index in [2.05, 4.69) is 158 Å². The lowest BCUT2D eigenvalue weighted by Gasteiger charge is -2.10. The zero-order valence-corrected chi connectivity index (χ0v) is 30.9. The predicted octanol–water partition coefficient (Wildman–Crippen LogP) is 14.1. The average Bonchev–Trinajstić information content (AvgIpc) is 3.86. The zero-order valence-electron chi connectivity index (χ0n) is 30.1. The summed E-state index contributed by atoms with van der Waals surface area (Å²) in [5, 5.41) is 4.59. The highest BCUT2D eigenvalue weighted by molar-refractivity contribution is 7.26. The molecule has 4 nitrogen and oxygen atoms in total. The molecule has 3 heterocycles. The number of fused-ring (bicyclic) bond motifs is 6. The van der Waals surface area contributed by atoms with Crippen molar-refractivity contribution in [3.05, 3.63) is 188 Å². The molecule has 5 heteroatoms. The van der Waals surface area contributed by atoms with Crippen LogP contribution in [0, 0.1) is 0 Å². The van der Waals surface area contributed by atoms with Crippen LogP contribution in [0.4, 0.5) is 0 Å². The summed E-state index contributed by atoms with van der Waals surface area (Å²) < 4.78 is 9.07. The highest BCUT2D eigenvalue weighted by Gasteiger charge is 2.22. The molecule has 0 saturated heterocycles. The normalized spacial score (nSPS) is 11.6. The lowest BCUT2D eigenvalue weighted by atomic mass is 9.93. The minimum absolute atomic E-state index is 0.637. The third-order valence-electron chi connectivity index (χ3n) is 10.6. The molecule has 0 spiro atoms.